The number of hydrogen-bond donors (Lipinski definition) is 1. The maximum absolute atomic E-state index is 7.83. The molecule has 1 saturated heterocycles. The first-order chi connectivity index (χ1) is 6.77. The van der Waals surface area contributed by atoms with E-state index in [1.807, 2.05) is 0 Å². The zero-order valence-electron chi connectivity index (χ0n) is 7.92. The molecular formula is C10H13BrN2S. The van der Waals surface area contributed by atoms with Gasteiger partial charge in [0.05, 0.1) is 12.4 Å². The van der Waals surface area contributed by atoms with E-state index >= 15 is 0 Å². The monoisotopic (exact) mass is 272 g/mol. The lowest BCUT2D eigenvalue weighted by molar-refractivity contribution is 0.363. The summed E-state index contributed by atoms with van der Waals surface area (Å²) in [6, 6.07) is 2.08. The van der Waals surface area contributed by atoms with Crippen molar-refractivity contribution in [3.8, 4) is 0 Å². The van der Waals surface area contributed by atoms with E-state index in [1.165, 1.54) is 22.2 Å². The topological polar surface area (TPSA) is 27.1 Å². The maximum atomic E-state index is 7.83. The molecule has 0 atom stereocenters. The SMILES string of the molecule is N=C1CCCCN1Cc1sccc1Br. The van der Waals surface area contributed by atoms with Crippen molar-refractivity contribution in [3.63, 3.8) is 0 Å². The van der Waals surface area contributed by atoms with Crippen LogP contribution < -0.4 is 0 Å². The van der Waals surface area contributed by atoms with Crippen LogP contribution in [0.4, 0.5) is 0 Å². The number of hydrogen-bond acceptors (Lipinski definition) is 2. The second-order valence-electron chi connectivity index (χ2n) is 3.52. The van der Waals surface area contributed by atoms with E-state index < -0.39 is 0 Å². The molecule has 0 aromatic carbocycles. The van der Waals surface area contributed by atoms with Crippen molar-refractivity contribution in [3.05, 3.63) is 20.8 Å². The van der Waals surface area contributed by atoms with E-state index in [9.17, 15) is 0 Å². The molecule has 2 nitrogen and oxygen atoms in total. The molecule has 0 aliphatic carbocycles. The second kappa shape index (κ2) is 4.45. The van der Waals surface area contributed by atoms with Gasteiger partial charge >= 0.3 is 0 Å². The largest absolute Gasteiger partial charge is 0.355 e. The summed E-state index contributed by atoms with van der Waals surface area (Å²) in [6.45, 7) is 1.94. The Balaban J connectivity index is 2.03. The molecule has 2 rings (SSSR count). The number of amidine groups is 1. The molecular weight excluding hydrogens is 260 g/mol. The third-order valence-corrected chi connectivity index (χ3v) is 4.41. The predicted molar refractivity (Wildman–Crippen MR) is 64.0 cm³/mol. The van der Waals surface area contributed by atoms with Crippen LogP contribution in [0, 0.1) is 5.41 Å². The maximum Gasteiger partial charge on any atom is 0.0960 e. The summed E-state index contributed by atoms with van der Waals surface area (Å²) >= 11 is 5.29. The second-order valence-corrected chi connectivity index (χ2v) is 5.37. The normalized spacial score (nSPS) is 17.5. The van der Waals surface area contributed by atoms with Gasteiger partial charge in [-0.3, -0.25) is 5.41 Å². The van der Waals surface area contributed by atoms with Gasteiger partial charge in [0.1, 0.15) is 0 Å². The van der Waals surface area contributed by atoms with Crippen LogP contribution in [0.25, 0.3) is 0 Å². The quantitative estimate of drug-likeness (QED) is 0.877. The van der Waals surface area contributed by atoms with Gasteiger partial charge < -0.3 is 4.90 Å². The van der Waals surface area contributed by atoms with Gasteiger partial charge in [-0.1, -0.05) is 0 Å². The zero-order valence-corrected chi connectivity index (χ0v) is 10.3. The molecule has 0 saturated carbocycles. The van der Waals surface area contributed by atoms with Crippen molar-refractivity contribution >= 4 is 33.1 Å². The van der Waals surface area contributed by atoms with Crippen LogP contribution >= 0.6 is 27.3 Å². The van der Waals surface area contributed by atoms with Crippen LogP contribution in [0.15, 0.2) is 15.9 Å². The number of nitrogens with zero attached hydrogens (tertiary/aromatic N) is 1. The van der Waals surface area contributed by atoms with Gasteiger partial charge in [0, 0.05) is 22.3 Å². The van der Waals surface area contributed by atoms with Crippen LogP contribution in [-0.4, -0.2) is 17.3 Å². The first-order valence-corrected chi connectivity index (χ1v) is 6.49. The molecule has 0 bridgehead atoms. The van der Waals surface area contributed by atoms with E-state index in [0.717, 1.165) is 25.3 Å². The van der Waals surface area contributed by atoms with Crippen molar-refractivity contribution in [2.75, 3.05) is 6.54 Å². The molecule has 2 heterocycles. The van der Waals surface area contributed by atoms with E-state index in [1.54, 1.807) is 11.3 Å². The Morgan fingerprint density at radius 1 is 1.50 bits per heavy atom. The Hall–Kier alpha value is -0.350. The molecule has 0 amide bonds. The predicted octanol–water partition coefficient (Wildman–Crippen LogP) is 3.47. The zero-order chi connectivity index (χ0) is 9.97. The Labute approximate surface area is 96.6 Å². The number of rotatable bonds is 2. The molecule has 0 radical (unpaired) electrons. The molecule has 76 valence electrons. The minimum Gasteiger partial charge on any atom is -0.355 e. The summed E-state index contributed by atoms with van der Waals surface area (Å²) in [6.07, 6.45) is 3.36. The summed E-state index contributed by atoms with van der Waals surface area (Å²) in [5.74, 6) is 0.802. The smallest absolute Gasteiger partial charge is 0.0960 e. The fraction of sp³-hybridized carbons (Fsp3) is 0.500. The highest BCUT2D eigenvalue weighted by Crippen LogP contribution is 2.25. The van der Waals surface area contributed by atoms with E-state index in [4.69, 9.17) is 5.41 Å². The van der Waals surface area contributed by atoms with Gasteiger partial charge in [0.25, 0.3) is 0 Å². The molecule has 1 aliphatic heterocycles. The summed E-state index contributed by atoms with van der Waals surface area (Å²) < 4.78 is 1.18. The number of thiophene rings is 1. The Morgan fingerprint density at radius 2 is 2.36 bits per heavy atom. The molecule has 1 aliphatic rings. The Morgan fingerprint density at radius 3 is 3.00 bits per heavy atom. The van der Waals surface area contributed by atoms with Crippen LogP contribution in [0.1, 0.15) is 24.1 Å². The number of nitrogens with one attached hydrogen (secondary N) is 1. The average molecular weight is 273 g/mol. The third kappa shape index (κ3) is 2.17. The number of piperidine rings is 1. The summed E-state index contributed by atoms with van der Waals surface area (Å²) in [5.41, 5.74) is 0. The highest BCUT2D eigenvalue weighted by atomic mass is 79.9. The molecule has 0 unspecified atom stereocenters. The van der Waals surface area contributed by atoms with Gasteiger partial charge in [0.2, 0.25) is 0 Å². The van der Waals surface area contributed by atoms with Gasteiger partial charge in [-0.15, -0.1) is 11.3 Å². The lowest BCUT2D eigenvalue weighted by atomic mass is 10.1. The first-order valence-electron chi connectivity index (χ1n) is 4.81. The standard InChI is InChI=1S/C10H13BrN2S/c11-8-4-6-14-9(8)7-13-5-2-1-3-10(13)12/h4,6,12H,1-3,5,7H2. The highest BCUT2D eigenvalue weighted by molar-refractivity contribution is 9.10. The Bertz CT molecular complexity index is 335. The fourth-order valence-corrected chi connectivity index (χ4v) is 3.17. The van der Waals surface area contributed by atoms with Gasteiger partial charge in [-0.05, 0) is 40.2 Å². The molecule has 1 N–H and O–H groups in total. The van der Waals surface area contributed by atoms with Crippen LogP contribution in [0.3, 0.4) is 0 Å². The highest BCUT2D eigenvalue weighted by Gasteiger charge is 2.16. The molecule has 1 fully saturated rings. The third-order valence-electron chi connectivity index (χ3n) is 2.50. The minimum absolute atomic E-state index is 0.802. The van der Waals surface area contributed by atoms with E-state index in [0.29, 0.717) is 0 Å². The van der Waals surface area contributed by atoms with E-state index in [2.05, 4.69) is 32.3 Å². The molecule has 1 aromatic rings. The number of likely N-dealkylation sites (tertiary alicyclic amines) is 1. The summed E-state index contributed by atoms with van der Waals surface area (Å²) in [5, 5.41) is 9.92. The molecule has 1 aromatic heterocycles. The minimum atomic E-state index is 0.802. The fourth-order valence-electron chi connectivity index (χ4n) is 1.67. The first kappa shape index (κ1) is 10.2. The number of halogens is 1. The van der Waals surface area contributed by atoms with Gasteiger partial charge in [0.15, 0.2) is 0 Å². The molecule has 4 heteroatoms. The lowest BCUT2D eigenvalue weighted by Crippen LogP contribution is -2.33. The lowest BCUT2D eigenvalue weighted by Gasteiger charge is -2.28. The van der Waals surface area contributed by atoms with Gasteiger partial charge in [-0.25, -0.2) is 0 Å². The van der Waals surface area contributed by atoms with Crippen molar-refractivity contribution in [2.24, 2.45) is 0 Å². The summed E-state index contributed by atoms with van der Waals surface area (Å²) in [4.78, 5) is 3.51. The summed E-state index contributed by atoms with van der Waals surface area (Å²) in [7, 11) is 0. The van der Waals surface area contributed by atoms with Gasteiger partial charge in [-0.2, -0.15) is 0 Å². The van der Waals surface area contributed by atoms with Crippen molar-refractivity contribution in [1.82, 2.24) is 4.90 Å². The van der Waals surface area contributed by atoms with Crippen LogP contribution in [-0.2, 0) is 6.54 Å². The van der Waals surface area contributed by atoms with Crippen molar-refractivity contribution in [2.45, 2.75) is 25.8 Å². The molecule has 0 spiro atoms. The average Bonchev–Trinajstić information content (AvgIpc) is 2.56. The van der Waals surface area contributed by atoms with Crippen LogP contribution in [0.2, 0.25) is 0 Å². The van der Waals surface area contributed by atoms with Crippen molar-refractivity contribution in [1.29, 1.82) is 5.41 Å². The Kier molecular flexibility index (Phi) is 3.23. The molecule has 14 heavy (non-hydrogen) atoms. The van der Waals surface area contributed by atoms with E-state index in [-0.39, 0.29) is 0 Å². The van der Waals surface area contributed by atoms with Crippen molar-refractivity contribution < 1.29 is 0 Å². The van der Waals surface area contributed by atoms with Crippen LogP contribution in [0.5, 0.6) is 0 Å².